The van der Waals surface area contributed by atoms with Gasteiger partial charge in [-0.05, 0) is 24.6 Å². The molecule has 1 amide bonds. The van der Waals surface area contributed by atoms with E-state index in [2.05, 4.69) is 5.32 Å². The summed E-state index contributed by atoms with van der Waals surface area (Å²) in [6.07, 6.45) is 0.656. The summed E-state index contributed by atoms with van der Waals surface area (Å²) in [5.74, 6) is -0.892. The average Bonchev–Trinajstić information content (AvgIpc) is 2.34. The molecule has 0 heterocycles. The molecule has 0 unspecified atom stereocenters. The predicted molar refractivity (Wildman–Crippen MR) is 66.6 cm³/mol. The SMILES string of the molecule is CNC(=O)CCCOc1ccc(F)cc1S(N)(=O)=O. The summed E-state index contributed by atoms with van der Waals surface area (Å²) in [7, 11) is -2.54. The van der Waals surface area contributed by atoms with Crippen molar-refractivity contribution >= 4 is 15.9 Å². The molecular weight excluding hydrogens is 275 g/mol. The van der Waals surface area contributed by atoms with Gasteiger partial charge in [0.25, 0.3) is 0 Å². The van der Waals surface area contributed by atoms with Crippen molar-refractivity contribution in [3.63, 3.8) is 0 Å². The van der Waals surface area contributed by atoms with Gasteiger partial charge in [-0.1, -0.05) is 0 Å². The molecule has 6 nitrogen and oxygen atoms in total. The molecule has 0 bridgehead atoms. The topological polar surface area (TPSA) is 98.5 Å². The number of benzene rings is 1. The molecule has 1 aromatic carbocycles. The summed E-state index contributed by atoms with van der Waals surface area (Å²) in [4.78, 5) is 10.6. The fraction of sp³-hybridized carbons (Fsp3) is 0.364. The minimum absolute atomic E-state index is 0.0270. The Bertz CT molecular complexity index is 560. The third kappa shape index (κ3) is 4.84. The number of ether oxygens (including phenoxy) is 1. The van der Waals surface area contributed by atoms with Crippen molar-refractivity contribution in [2.75, 3.05) is 13.7 Å². The van der Waals surface area contributed by atoms with Crippen molar-refractivity contribution in [3.8, 4) is 5.75 Å². The maximum atomic E-state index is 13.0. The van der Waals surface area contributed by atoms with Gasteiger partial charge in [-0.2, -0.15) is 0 Å². The number of halogens is 1. The summed E-state index contributed by atoms with van der Waals surface area (Å²) in [6.45, 7) is 0.127. The second kappa shape index (κ2) is 6.48. The van der Waals surface area contributed by atoms with Crippen LogP contribution in [0, 0.1) is 5.82 Å². The van der Waals surface area contributed by atoms with Crippen LogP contribution in [0.5, 0.6) is 5.75 Å². The molecule has 0 aliphatic rings. The lowest BCUT2D eigenvalue weighted by atomic mass is 10.3. The highest BCUT2D eigenvalue weighted by atomic mass is 32.2. The molecule has 8 heteroatoms. The number of nitrogens with two attached hydrogens (primary N) is 1. The number of hydrogen-bond acceptors (Lipinski definition) is 4. The quantitative estimate of drug-likeness (QED) is 0.740. The van der Waals surface area contributed by atoms with Gasteiger partial charge in [0.05, 0.1) is 6.61 Å². The Balaban J connectivity index is 2.71. The first-order chi connectivity index (χ1) is 8.84. The second-order valence-electron chi connectivity index (χ2n) is 3.76. The molecule has 0 saturated carbocycles. The third-order valence-corrected chi connectivity index (χ3v) is 3.23. The summed E-state index contributed by atoms with van der Waals surface area (Å²) in [5, 5.41) is 7.41. The van der Waals surface area contributed by atoms with E-state index in [9.17, 15) is 17.6 Å². The van der Waals surface area contributed by atoms with Crippen LogP contribution < -0.4 is 15.2 Å². The van der Waals surface area contributed by atoms with Crippen LogP contribution in [0.2, 0.25) is 0 Å². The third-order valence-electron chi connectivity index (χ3n) is 2.30. The summed E-state index contributed by atoms with van der Waals surface area (Å²) in [6, 6.07) is 3.06. The molecule has 0 saturated heterocycles. The van der Waals surface area contributed by atoms with Gasteiger partial charge in [0.2, 0.25) is 15.9 Å². The lowest BCUT2D eigenvalue weighted by Gasteiger charge is -2.10. The van der Waals surface area contributed by atoms with Crippen molar-refractivity contribution in [2.24, 2.45) is 5.14 Å². The molecule has 0 atom stereocenters. The number of carbonyl (C=O) groups is 1. The smallest absolute Gasteiger partial charge is 0.241 e. The number of rotatable bonds is 6. The number of primary sulfonamides is 1. The minimum atomic E-state index is -4.06. The molecule has 0 aliphatic heterocycles. The van der Waals surface area contributed by atoms with Crippen molar-refractivity contribution < 1.29 is 22.3 Å². The van der Waals surface area contributed by atoms with E-state index in [0.717, 1.165) is 12.1 Å². The maximum Gasteiger partial charge on any atom is 0.241 e. The zero-order valence-corrected chi connectivity index (χ0v) is 11.2. The van der Waals surface area contributed by atoms with Crippen LogP contribution >= 0.6 is 0 Å². The first-order valence-electron chi connectivity index (χ1n) is 5.50. The maximum absolute atomic E-state index is 13.0. The first-order valence-corrected chi connectivity index (χ1v) is 7.05. The Hall–Kier alpha value is -1.67. The van der Waals surface area contributed by atoms with Crippen LogP contribution in [0.4, 0.5) is 4.39 Å². The van der Waals surface area contributed by atoms with E-state index in [1.54, 1.807) is 0 Å². The Morgan fingerprint density at radius 1 is 1.47 bits per heavy atom. The largest absolute Gasteiger partial charge is 0.492 e. The highest BCUT2D eigenvalue weighted by Crippen LogP contribution is 2.23. The van der Waals surface area contributed by atoms with Crippen molar-refractivity contribution in [2.45, 2.75) is 17.7 Å². The van der Waals surface area contributed by atoms with Gasteiger partial charge in [-0.25, -0.2) is 17.9 Å². The van der Waals surface area contributed by atoms with Crippen LogP contribution in [0.3, 0.4) is 0 Å². The highest BCUT2D eigenvalue weighted by Gasteiger charge is 2.16. The molecule has 19 heavy (non-hydrogen) atoms. The fourth-order valence-electron chi connectivity index (χ4n) is 1.36. The Kier molecular flexibility index (Phi) is 5.25. The lowest BCUT2D eigenvalue weighted by molar-refractivity contribution is -0.120. The normalized spacial score (nSPS) is 11.1. The average molecular weight is 290 g/mol. The van der Waals surface area contributed by atoms with Crippen molar-refractivity contribution in [3.05, 3.63) is 24.0 Å². The Labute approximate surface area is 110 Å². The molecule has 0 spiro atoms. The molecule has 1 rings (SSSR count). The number of amides is 1. The van der Waals surface area contributed by atoms with Gasteiger partial charge in [0, 0.05) is 13.5 Å². The van der Waals surface area contributed by atoms with Crippen molar-refractivity contribution in [1.29, 1.82) is 0 Å². The van der Waals surface area contributed by atoms with Gasteiger partial charge in [-0.15, -0.1) is 0 Å². The zero-order valence-electron chi connectivity index (χ0n) is 10.3. The monoisotopic (exact) mass is 290 g/mol. The number of hydrogen-bond donors (Lipinski definition) is 2. The van der Waals surface area contributed by atoms with Gasteiger partial charge >= 0.3 is 0 Å². The van der Waals surface area contributed by atoms with E-state index >= 15 is 0 Å². The van der Waals surface area contributed by atoms with E-state index < -0.39 is 20.7 Å². The van der Waals surface area contributed by atoms with E-state index in [-0.39, 0.29) is 24.7 Å². The molecule has 3 N–H and O–H groups in total. The number of nitrogens with one attached hydrogen (secondary N) is 1. The predicted octanol–water partition coefficient (Wildman–Crippen LogP) is 0.378. The van der Waals surface area contributed by atoms with E-state index in [1.165, 1.54) is 13.1 Å². The standard InChI is InChI=1S/C11H15FN2O4S/c1-14-11(15)3-2-6-18-9-5-4-8(12)7-10(9)19(13,16)17/h4-5,7H,2-3,6H2,1H3,(H,14,15)(H2,13,16,17). The fourth-order valence-corrected chi connectivity index (χ4v) is 2.05. The highest BCUT2D eigenvalue weighted by molar-refractivity contribution is 7.89. The molecule has 0 fully saturated rings. The first kappa shape index (κ1) is 15.4. The van der Waals surface area contributed by atoms with E-state index in [1.807, 2.05) is 0 Å². The zero-order chi connectivity index (χ0) is 14.5. The van der Waals surface area contributed by atoms with Crippen molar-refractivity contribution in [1.82, 2.24) is 5.32 Å². The molecule has 0 aliphatic carbocycles. The molecule has 106 valence electrons. The van der Waals surface area contributed by atoms with E-state index in [0.29, 0.717) is 6.42 Å². The van der Waals surface area contributed by atoms with Gasteiger partial charge < -0.3 is 10.1 Å². The van der Waals surface area contributed by atoms with Gasteiger partial charge in [-0.3, -0.25) is 4.79 Å². The van der Waals surface area contributed by atoms with Gasteiger partial charge in [0.15, 0.2) is 0 Å². The van der Waals surface area contributed by atoms with Crippen LogP contribution in [-0.2, 0) is 14.8 Å². The minimum Gasteiger partial charge on any atom is -0.492 e. The Morgan fingerprint density at radius 3 is 2.74 bits per heavy atom. The Morgan fingerprint density at radius 2 is 2.16 bits per heavy atom. The molecule has 0 aromatic heterocycles. The number of carbonyl (C=O) groups excluding carboxylic acids is 1. The lowest BCUT2D eigenvalue weighted by Crippen LogP contribution is -2.18. The molecule has 1 aromatic rings. The van der Waals surface area contributed by atoms with Crippen LogP contribution in [0.15, 0.2) is 23.1 Å². The van der Waals surface area contributed by atoms with Crippen LogP contribution in [-0.4, -0.2) is 28.0 Å². The van der Waals surface area contributed by atoms with E-state index in [4.69, 9.17) is 9.88 Å². The van der Waals surface area contributed by atoms with Crippen LogP contribution in [0.1, 0.15) is 12.8 Å². The second-order valence-corrected chi connectivity index (χ2v) is 5.29. The summed E-state index contributed by atoms with van der Waals surface area (Å²) < 4.78 is 40.7. The van der Waals surface area contributed by atoms with Crippen LogP contribution in [0.25, 0.3) is 0 Å². The molecular formula is C11H15FN2O4S. The molecule has 0 radical (unpaired) electrons. The summed E-state index contributed by atoms with van der Waals surface area (Å²) >= 11 is 0. The summed E-state index contributed by atoms with van der Waals surface area (Å²) in [5.41, 5.74) is 0. The number of sulfonamides is 1. The van der Waals surface area contributed by atoms with Gasteiger partial charge in [0.1, 0.15) is 16.5 Å².